The molecule has 1 aromatic carbocycles. The second kappa shape index (κ2) is 6.51. The molecule has 0 saturated heterocycles. The van der Waals surface area contributed by atoms with Crippen molar-refractivity contribution in [3.05, 3.63) is 35.4 Å². The normalized spacial score (nSPS) is 15.7. The molecule has 1 fully saturated rings. The average molecular weight is 273 g/mol. The number of carbonyl (C=O) groups is 1. The molecule has 1 aromatic rings. The van der Waals surface area contributed by atoms with Gasteiger partial charge in [0.2, 0.25) is 5.91 Å². The summed E-state index contributed by atoms with van der Waals surface area (Å²) in [6.07, 6.45) is 1.48. The summed E-state index contributed by atoms with van der Waals surface area (Å²) in [7, 11) is 1.80. The van der Waals surface area contributed by atoms with Crippen molar-refractivity contribution in [2.45, 2.75) is 25.0 Å². The molecule has 1 aliphatic rings. The molecule has 20 heavy (non-hydrogen) atoms. The summed E-state index contributed by atoms with van der Waals surface area (Å²) in [6.45, 7) is 0.661. The van der Waals surface area contributed by atoms with Gasteiger partial charge in [-0.25, -0.2) is 0 Å². The number of hydrogen-bond acceptors (Lipinski definition) is 4. The molecule has 0 aliphatic heterocycles. The number of likely N-dealkylation sites (N-methyl/N-ethyl adjacent to an activating group) is 1. The first-order valence-corrected chi connectivity index (χ1v) is 6.74. The van der Waals surface area contributed by atoms with Crippen LogP contribution >= 0.6 is 0 Å². The van der Waals surface area contributed by atoms with E-state index in [1.807, 2.05) is 6.07 Å². The van der Waals surface area contributed by atoms with Gasteiger partial charge < -0.3 is 10.4 Å². The van der Waals surface area contributed by atoms with Gasteiger partial charge in [0.15, 0.2) is 0 Å². The summed E-state index contributed by atoms with van der Waals surface area (Å²) < 4.78 is 0. The molecule has 1 atom stereocenters. The molecule has 1 saturated carbocycles. The zero-order valence-electron chi connectivity index (χ0n) is 11.5. The standard InChI is InChI=1S/C15H19N3O2/c1-18(10-15(20)17-13-6-7-13)9-14(19)12-4-2-11(8-16)3-5-12/h2-5,13-14,19H,6-7,9-10H2,1H3,(H,17,20). The van der Waals surface area contributed by atoms with E-state index in [0.717, 1.165) is 18.4 Å². The van der Waals surface area contributed by atoms with Crippen LogP contribution in [0.25, 0.3) is 0 Å². The maximum absolute atomic E-state index is 11.6. The molecular weight excluding hydrogens is 254 g/mol. The summed E-state index contributed by atoms with van der Waals surface area (Å²) in [5, 5.41) is 21.7. The Kier molecular flexibility index (Phi) is 4.72. The van der Waals surface area contributed by atoms with Gasteiger partial charge in [-0.3, -0.25) is 9.69 Å². The summed E-state index contributed by atoms with van der Waals surface area (Å²) in [6, 6.07) is 9.23. The lowest BCUT2D eigenvalue weighted by atomic mass is 10.1. The summed E-state index contributed by atoms with van der Waals surface area (Å²) in [4.78, 5) is 13.4. The Labute approximate surface area is 118 Å². The largest absolute Gasteiger partial charge is 0.387 e. The third kappa shape index (κ3) is 4.34. The third-order valence-corrected chi connectivity index (χ3v) is 3.27. The molecular formula is C15H19N3O2. The van der Waals surface area contributed by atoms with Crippen LogP contribution in [0.1, 0.15) is 30.1 Å². The highest BCUT2D eigenvalue weighted by atomic mass is 16.3. The number of hydrogen-bond donors (Lipinski definition) is 2. The average Bonchev–Trinajstić information content (AvgIpc) is 3.22. The first-order valence-electron chi connectivity index (χ1n) is 6.74. The van der Waals surface area contributed by atoms with E-state index in [0.29, 0.717) is 18.2 Å². The van der Waals surface area contributed by atoms with Gasteiger partial charge in [-0.1, -0.05) is 12.1 Å². The van der Waals surface area contributed by atoms with Crippen LogP contribution < -0.4 is 5.32 Å². The zero-order valence-corrected chi connectivity index (χ0v) is 11.5. The van der Waals surface area contributed by atoms with Crippen LogP contribution in [0.3, 0.4) is 0 Å². The first kappa shape index (κ1) is 14.5. The van der Waals surface area contributed by atoms with Crippen LogP contribution in [0.4, 0.5) is 0 Å². The molecule has 0 heterocycles. The van der Waals surface area contributed by atoms with Crippen molar-refractivity contribution in [1.82, 2.24) is 10.2 Å². The van der Waals surface area contributed by atoms with Crippen LogP contribution in [0.2, 0.25) is 0 Å². The van der Waals surface area contributed by atoms with E-state index < -0.39 is 6.10 Å². The van der Waals surface area contributed by atoms with Crippen molar-refractivity contribution >= 4 is 5.91 Å². The molecule has 1 aliphatic carbocycles. The van der Waals surface area contributed by atoms with E-state index in [9.17, 15) is 9.90 Å². The molecule has 0 radical (unpaired) electrons. The Balaban J connectivity index is 1.81. The molecule has 0 aromatic heterocycles. The van der Waals surface area contributed by atoms with Crippen LogP contribution in [-0.2, 0) is 4.79 Å². The molecule has 1 amide bonds. The van der Waals surface area contributed by atoms with Gasteiger partial charge >= 0.3 is 0 Å². The lowest BCUT2D eigenvalue weighted by molar-refractivity contribution is -0.122. The number of carbonyl (C=O) groups excluding carboxylic acids is 1. The number of aliphatic hydroxyl groups excluding tert-OH is 1. The number of benzene rings is 1. The fourth-order valence-corrected chi connectivity index (χ4v) is 1.99. The summed E-state index contributed by atoms with van der Waals surface area (Å²) in [5.74, 6) is 0.00188. The Hall–Kier alpha value is -1.90. The van der Waals surface area contributed by atoms with Crippen molar-refractivity contribution in [3.8, 4) is 6.07 Å². The van der Waals surface area contributed by atoms with Crippen LogP contribution in [0.15, 0.2) is 24.3 Å². The van der Waals surface area contributed by atoms with Crippen molar-refractivity contribution in [1.29, 1.82) is 5.26 Å². The Morgan fingerprint density at radius 2 is 2.15 bits per heavy atom. The molecule has 1 unspecified atom stereocenters. The SMILES string of the molecule is CN(CC(=O)NC1CC1)CC(O)c1ccc(C#N)cc1. The minimum absolute atomic E-state index is 0.00188. The van der Waals surface area contributed by atoms with Gasteiger partial charge in [-0.15, -0.1) is 0 Å². The van der Waals surface area contributed by atoms with E-state index in [1.165, 1.54) is 0 Å². The quantitative estimate of drug-likeness (QED) is 0.804. The molecule has 0 bridgehead atoms. The lowest BCUT2D eigenvalue weighted by Crippen LogP contribution is -2.37. The fourth-order valence-electron chi connectivity index (χ4n) is 1.99. The molecule has 2 rings (SSSR count). The first-order chi connectivity index (χ1) is 9.58. The summed E-state index contributed by atoms with van der Waals surface area (Å²) in [5.41, 5.74) is 1.32. The summed E-state index contributed by atoms with van der Waals surface area (Å²) >= 11 is 0. The Bertz CT molecular complexity index is 503. The van der Waals surface area contributed by atoms with Crippen molar-refractivity contribution < 1.29 is 9.90 Å². The van der Waals surface area contributed by atoms with Gasteiger partial charge in [0.1, 0.15) is 0 Å². The van der Waals surface area contributed by atoms with Crippen LogP contribution in [0.5, 0.6) is 0 Å². The molecule has 5 nitrogen and oxygen atoms in total. The van der Waals surface area contributed by atoms with Gasteiger partial charge in [0.05, 0.1) is 24.3 Å². The lowest BCUT2D eigenvalue weighted by Gasteiger charge is -2.20. The van der Waals surface area contributed by atoms with Crippen LogP contribution in [-0.4, -0.2) is 42.1 Å². The second-order valence-corrected chi connectivity index (χ2v) is 5.29. The fraction of sp³-hybridized carbons (Fsp3) is 0.467. The van der Waals surface area contributed by atoms with Crippen molar-refractivity contribution in [2.24, 2.45) is 0 Å². The predicted octanol–water partition coefficient (Wildman–Crippen LogP) is 0.802. The van der Waals surface area contributed by atoms with Gasteiger partial charge in [0, 0.05) is 12.6 Å². The smallest absolute Gasteiger partial charge is 0.234 e. The Morgan fingerprint density at radius 1 is 1.50 bits per heavy atom. The molecule has 106 valence electrons. The highest BCUT2D eigenvalue weighted by Crippen LogP contribution is 2.18. The maximum Gasteiger partial charge on any atom is 0.234 e. The molecule has 2 N–H and O–H groups in total. The third-order valence-electron chi connectivity index (χ3n) is 3.27. The topological polar surface area (TPSA) is 76.4 Å². The van der Waals surface area contributed by atoms with E-state index in [1.54, 1.807) is 36.2 Å². The number of amides is 1. The van der Waals surface area contributed by atoms with Crippen molar-refractivity contribution in [3.63, 3.8) is 0 Å². The highest BCUT2D eigenvalue weighted by Gasteiger charge is 2.23. The van der Waals surface area contributed by atoms with Crippen molar-refractivity contribution in [2.75, 3.05) is 20.1 Å². The zero-order chi connectivity index (χ0) is 14.5. The van der Waals surface area contributed by atoms with Gasteiger partial charge in [-0.05, 0) is 37.6 Å². The van der Waals surface area contributed by atoms with Gasteiger partial charge in [-0.2, -0.15) is 5.26 Å². The molecule has 5 heteroatoms. The second-order valence-electron chi connectivity index (χ2n) is 5.29. The number of nitrogens with one attached hydrogen (secondary N) is 1. The number of nitrogens with zero attached hydrogens (tertiary/aromatic N) is 2. The minimum Gasteiger partial charge on any atom is -0.387 e. The Morgan fingerprint density at radius 3 is 2.70 bits per heavy atom. The maximum atomic E-state index is 11.6. The van der Waals surface area contributed by atoms with E-state index in [-0.39, 0.29) is 12.5 Å². The number of aliphatic hydroxyl groups is 1. The minimum atomic E-state index is -0.665. The van der Waals surface area contributed by atoms with E-state index in [2.05, 4.69) is 5.32 Å². The highest BCUT2D eigenvalue weighted by molar-refractivity contribution is 5.78. The molecule has 0 spiro atoms. The van der Waals surface area contributed by atoms with Crippen LogP contribution in [0, 0.1) is 11.3 Å². The van der Waals surface area contributed by atoms with E-state index in [4.69, 9.17) is 5.26 Å². The predicted molar refractivity (Wildman–Crippen MR) is 74.8 cm³/mol. The van der Waals surface area contributed by atoms with E-state index >= 15 is 0 Å². The van der Waals surface area contributed by atoms with Gasteiger partial charge in [0.25, 0.3) is 0 Å². The monoisotopic (exact) mass is 273 g/mol. The number of rotatable bonds is 6. The number of nitriles is 1.